The Hall–Kier alpha value is -1.30. The van der Waals surface area contributed by atoms with E-state index in [1.165, 1.54) is 24.6 Å². The first-order valence-electron chi connectivity index (χ1n) is 7.59. The summed E-state index contributed by atoms with van der Waals surface area (Å²) < 4.78 is 1.99. The van der Waals surface area contributed by atoms with Gasteiger partial charge < -0.3 is 9.47 Å². The Morgan fingerprint density at radius 1 is 1.33 bits per heavy atom. The van der Waals surface area contributed by atoms with Gasteiger partial charge in [-0.2, -0.15) is 0 Å². The minimum absolute atomic E-state index is 0.129. The average molecular weight is 308 g/mol. The monoisotopic (exact) mass is 308 g/mol. The molecule has 1 aromatic rings. The van der Waals surface area contributed by atoms with Crippen molar-refractivity contribution in [3.8, 4) is 0 Å². The van der Waals surface area contributed by atoms with Crippen LogP contribution in [0, 0.1) is 6.92 Å². The van der Waals surface area contributed by atoms with Crippen molar-refractivity contribution in [2.75, 3.05) is 13.1 Å². The lowest BCUT2D eigenvalue weighted by atomic mass is 10.2. The van der Waals surface area contributed by atoms with Gasteiger partial charge in [0, 0.05) is 19.6 Å². The van der Waals surface area contributed by atoms with Crippen molar-refractivity contribution >= 4 is 17.7 Å². The number of amides is 1. The van der Waals surface area contributed by atoms with Gasteiger partial charge in [-0.15, -0.1) is 16.8 Å². The molecule has 0 N–H and O–H groups in total. The van der Waals surface area contributed by atoms with Crippen molar-refractivity contribution in [3.63, 3.8) is 0 Å². The molecule has 0 radical (unpaired) electrons. The number of thioether (sulfide) groups is 1. The van der Waals surface area contributed by atoms with Gasteiger partial charge in [0.05, 0.1) is 5.25 Å². The lowest BCUT2D eigenvalue weighted by molar-refractivity contribution is -0.130. The van der Waals surface area contributed by atoms with Crippen LogP contribution < -0.4 is 0 Å². The Morgan fingerprint density at radius 2 is 2.00 bits per heavy atom. The number of rotatable bonds is 5. The Balaban J connectivity index is 2.01. The van der Waals surface area contributed by atoms with Gasteiger partial charge in [0.1, 0.15) is 5.82 Å². The number of carbonyl (C=O) groups is 1. The summed E-state index contributed by atoms with van der Waals surface area (Å²) in [5, 5.41) is 8.94. The number of hydrogen-bond donors (Lipinski definition) is 0. The fraction of sp³-hybridized carbons (Fsp3) is 0.667. The molecule has 5 nitrogen and oxygen atoms in total. The summed E-state index contributed by atoms with van der Waals surface area (Å²) in [6.45, 7) is 10.1. The Kier molecular flexibility index (Phi) is 5.85. The van der Waals surface area contributed by atoms with Gasteiger partial charge in [0.25, 0.3) is 0 Å². The highest BCUT2D eigenvalue weighted by atomic mass is 32.2. The number of carbonyl (C=O) groups excluding carboxylic acids is 1. The van der Waals surface area contributed by atoms with Crippen molar-refractivity contribution < 1.29 is 4.79 Å². The molecule has 6 heteroatoms. The minimum atomic E-state index is -0.129. The smallest absolute Gasteiger partial charge is 0.235 e. The summed E-state index contributed by atoms with van der Waals surface area (Å²) in [6, 6.07) is 0. The third-order valence-corrected chi connectivity index (χ3v) is 4.83. The van der Waals surface area contributed by atoms with Crippen LogP contribution in [-0.4, -0.2) is 43.9 Å². The lowest BCUT2D eigenvalue weighted by Crippen LogP contribution is -2.37. The van der Waals surface area contributed by atoms with Crippen LogP contribution in [0.1, 0.15) is 38.4 Å². The van der Waals surface area contributed by atoms with Gasteiger partial charge in [-0.1, -0.05) is 30.7 Å². The highest BCUT2D eigenvalue weighted by Gasteiger charge is 2.24. The molecule has 2 heterocycles. The van der Waals surface area contributed by atoms with E-state index in [9.17, 15) is 4.79 Å². The molecule has 0 bridgehead atoms. The third kappa shape index (κ3) is 4.09. The van der Waals surface area contributed by atoms with E-state index >= 15 is 0 Å². The van der Waals surface area contributed by atoms with Gasteiger partial charge in [-0.25, -0.2) is 0 Å². The van der Waals surface area contributed by atoms with Crippen LogP contribution in [0.2, 0.25) is 0 Å². The molecular weight excluding hydrogens is 284 g/mol. The number of nitrogens with zero attached hydrogens (tertiary/aromatic N) is 4. The Labute approximate surface area is 130 Å². The third-order valence-electron chi connectivity index (χ3n) is 3.76. The molecule has 0 saturated carbocycles. The summed E-state index contributed by atoms with van der Waals surface area (Å²) >= 11 is 1.49. The molecule has 1 unspecified atom stereocenters. The molecule has 1 amide bonds. The molecule has 2 rings (SSSR count). The maximum Gasteiger partial charge on any atom is 0.235 e. The van der Waals surface area contributed by atoms with E-state index in [0.717, 1.165) is 36.9 Å². The van der Waals surface area contributed by atoms with Gasteiger partial charge in [0.2, 0.25) is 5.91 Å². The fourth-order valence-corrected chi connectivity index (χ4v) is 3.53. The van der Waals surface area contributed by atoms with Gasteiger partial charge in [-0.3, -0.25) is 4.79 Å². The van der Waals surface area contributed by atoms with E-state index in [4.69, 9.17) is 0 Å². The zero-order chi connectivity index (χ0) is 15.2. The first kappa shape index (κ1) is 16.1. The number of likely N-dealkylation sites (tertiary alicyclic amines) is 1. The second-order valence-corrected chi connectivity index (χ2v) is 6.74. The summed E-state index contributed by atoms with van der Waals surface area (Å²) in [5.74, 6) is 1.07. The van der Waals surface area contributed by atoms with Crippen molar-refractivity contribution in [3.05, 3.63) is 18.5 Å². The Morgan fingerprint density at radius 3 is 2.62 bits per heavy atom. The highest BCUT2D eigenvalue weighted by molar-refractivity contribution is 8.00. The summed E-state index contributed by atoms with van der Waals surface area (Å²) in [5.41, 5.74) is 0. The molecule has 1 aliphatic rings. The standard InChI is InChI=1S/C15H24N4OS/c1-4-9-19-13(3)16-17-15(19)21-12(2)14(20)18-10-7-5-6-8-11-18/h4,12H,1,5-11H2,2-3H3. The molecule has 1 atom stereocenters. The van der Waals surface area contributed by atoms with Crippen LogP contribution in [0.15, 0.2) is 17.8 Å². The molecule has 0 aromatic carbocycles. The lowest BCUT2D eigenvalue weighted by Gasteiger charge is -2.23. The number of allylic oxidation sites excluding steroid dienone is 1. The molecular formula is C15H24N4OS. The van der Waals surface area contributed by atoms with Gasteiger partial charge in [-0.05, 0) is 26.7 Å². The number of hydrogen-bond acceptors (Lipinski definition) is 4. The zero-order valence-electron chi connectivity index (χ0n) is 12.9. The summed E-state index contributed by atoms with van der Waals surface area (Å²) in [6.07, 6.45) is 6.53. The van der Waals surface area contributed by atoms with Crippen LogP contribution >= 0.6 is 11.8 Å². The van der Waals surface area contributed by atoms with Crippen molar-refractivity contribution in [2.45, 2.75) is 56.5 Å². The topological polar surface area (TPSA) is 51.0 Å². The molecule has 0 spiro atoms. The van der Waals surface area contributed by atoms with Gasteiger partial charge >= 0.3 is 0 Å². The SMILES string of the molecule is C=CCn1c(C)nnc1SC(C)C(=O)N1CCCCCC1. The van der Waals surface area contributed by atoms with E-state index in [-0.39, 0.29) is 11.2 Å². The predicted octanol–water partition coefficient (Wildman–Crippen LogP) is 2.66. The van der Waals surface area contributed by atoms with Crippen molar-refractivity contribution in [1.29, 1.82) is 0 Å². The van der Waals surface area contributed by atoms with E-state index in [0.29, 0.717) is 6.54 Å². The van der Waals surface area contributed by atoms with Crippen molar-refractivity contribution in [2.24, 2.45) is 0 Å². The van der Waals surface area contributed by atoms with Crippen LogP contribution in [0.25, 0.3) is 0 Å². The molecule has 0 aliphatic carbocycles. The maximum atomic E-state index is 12.6. The fourth-order valence-electron chi connectivity index (χ4n) is 2.54. The Bertz CT molecular complexity index is 492. The number of aryl methyl sites for hydroxylation is 1. The molecule has 1 fully saturated rings. The second kappa shape index (κ2) is 7.64. The second-order valence-electron chi connectivity index (χ2n) is 5.43. The molecule has 21 heavy (non-hydrogen) atoms. The van der Waals surface area contributed by atoms with Gasteiger partial charge in [0.15, 0.2) is 5.16 Å². The van der Waals surface area contributed by atoms with E-state index in [1.54, 1.807) is 0 Å². The molecule has 1 saturated heterocycles. The minimum Gasteiger partial charge on any atom is -0.342 e. The largest absolute Gasteiger partial charge is 0.342 e. The van der Waals surface area contributed by atoms with Crippen LogP contribution in [0.4, 0.5) is 0 Å². The zero-order valence-corrected chi connectivity index (χ0v) is 13.7. The first-order chi connectivity index (χ1) is 10.1. The van der Waals surface area contributed by atoms with E-state index in [1.807, 2.05) is 29.4 Å². The van der Waals surface area contributed by atoms with Crippen molar-refractivity contribution in [1.82, 2.24) is 19.7 Å². The highest BCUT2D eigenvalue weighted by Crippen LogP contribution is 2.24. The average Bonchev–Trinajstić information content (AvgIpc) is 2.72. The number of aromatic nitrogens is 3. The first-order valence-corrected chi connectivity index (χ1v) is 8.47. The van der Waals surface area contributed by atoms with Crippen LogP contribution in [0.3, 0.4) is 0 Å². The normalized spacial score (nSPS) is 17.3. The quantitative estimate of drug-likeness (QED) is 0.620. The predicted molar refractivity (Wildman–Crippen MR) is 85.3 cm³/mol. The molecule has 1 aromatic heterocycles. The van der Waals surface area contributed by atoms with E-state index < -0.39 is 0 Å². The van der Waals surface area contributed by atoms with E-state index in [2.05, 4.69) is 16.8 Å². The van der Waals surface area contributed by atoms with Crippen LogP contribution in [0.5, 0.6) is 0 Å². The summed E-state index contributed by atoms with van der Waals surface area (Å²) in [7, 11) is 0. The van der Waals surface area contributed by atoms with Crippen LogP contribution in [-0.2, 0) is 11.3 Å². The molecule has 116 valence electrons. The maximum absolute atomic E-state index is 12.6. The molecule has 1 aliphatic heterocycles. The summed E-state index contributed by atoms with van der Waals surface area (Å²) in [4.78, 5) is 14.6.